The molecule has 0 aliphatic heterocycles. The van der Waals surface area contributed by atoms with Crippen molar-refractivity contribution in [1.29, 1.82) is 0 Å². The van der Waals surface area contributed by atoms with Crippen LogP contribution in [0.5, 0.6) is 0 Å². The molecule has 2 aromatic carbocycles. The minimum Gasteiger partial charge on any atom is -0.373 e. The zero-order valence-corrected chi connectivity index (χ0v) is 10.8. The van der Waals surface area contributed by atoms with E-state index < -0.39 is 5.60 Å². The number of benzene rings is 2. The molecule has 0 spiro atoms. The molecule has 0 radical (unpaired) electrons. The molecule has 92 valence electrons. The van der Waals surface area contributed by atoms with E-state index in [2.05, 4.69) is 0 Å². The van der Waals surface area contributed by atoms with E-state index in [-0.39, 0.29) is 0 Å². The topological polar surface area (TPSA) is 37.3 Å². The van der Waals surface area contributed by atoms with Crippen molar-refractivity contribution in [3.8, 4) is 0 Å². The smallest absolute Gasteiger partial charge is 0.170 e. The van der Waals surface area contributed by atoms with Gasteiger partial charge in [-0.1, -0.05) is 59.6 Å². The maximum absolute atomic E-state index is 11.3. The highest BCUT2D eigenvalue weighted by Crippen LogP contribution is 2.32. The van der Waals surface area contributed by atoms with Crippen molar-refractivity contribution in [2.24, 2.45) is 0 Å². The second-order valence-electron chi connectivity index (χ2n) is 3.88. The molecule has 18 heavy (non-hydrogen) atoms. The predicted octanol–water partition coefficient (Wildman–Crippen LogP) is 3.43. The van der Waals surface area contributed by atoms with E-state index in [0.717, 1.165) is 0 Å². The van der Waals surface area contributed by atoms with Crippen LogP contribution < -0.4 is 0 Å². The van der Waals surface area contributed by atoms with Crippen LogP contribution in [-0.4, -0.2) is 11.4 Å². The lowest BCUT2D eigenvalue weighted by Crippen LogP contribution is -2.28. The molecular weight excluding hydrogens is 271 g/mol. The SMILES string of the molecule is O=CC(O)(c1ccccc1)c1ccc(Cl)c(Cl)c1. The standard InChI is InChI=1S/C14H10Cl2O2/c15-12-7-6-11(8-13(12)16)14(18,9-17)10-4-2-1-3-5-10/h1-9,18H. The molecule has 0 heterocycles. The first-order valence-corrected chi connectivity index (χ1v) is 6.03. The largest absolute Gasteiger partial charge is 0.373 e. The first-order chi connectivity index (χ1) is 8.58. The molecule has 0 amide bonds. The number of aliphatic hydroxyl groups is 1. The quantitative estimate of drug-likeness (QED) is 0.875. The first kappa shape index (κ1) is 13.1. The minimum atomic E-state index is -1.71. The van der Waals surface area contributed by atoms with E-state index >= 15 is 0 Å². The van der Waals surface area contributed by atoms with E-state index in [0.29, 0.717) is 27.5 Å². The summed E-state index contributed by atoms with van der Waals surface area (Å²) in [4.78, 5) is 11.3. The summed E-state index contributed by atoms with van der Waals surface area (Å²) in [6.07, 6.45) is 0.488. The average molecular weight is 281 g/mol. The maximum Gasteiger partial charge on any atom is 0.170 e. The third-order valence-electron chi connectivity index (χ3n) is 2.74. The van der Waals surface area contributed by atoms with Crippen LogP contribution in [0.15, 0.2) is 48.5 Å². The molecule has 2 nitrogen and oxygen atoms in total. The molecule has 4 heteroatoms. The first-order valence-electron chi connectivity index (χ1n) is 5.27. The summed E-state index contributed by atoms with van der Waals surface area (Å²) in [6, 6.07) is 13.3. The minimum absolute atomic E-state index is 0.297. The normalized spacial score (nSPS) is 13.9. The lowest BCUT2D eigenvalue weighted by molar-refractivity contribution is -0.121. The fourth-order valence-corrected chi connectivity index (χ4v) is 2.03. The Labute approximate surface area is 115 Å². The van der Waals surface area contributed by atoms with Crippen LogP contribution in [0.4, 0.5) is 0 Å². The van der Waals surface area contributed by atoms with Crippen molar-refractivity contribution in [2.45, 2.75) is 5.60 Å². The number of hydrogen-bond acceptors (Lipinski definition) is 2. The van der Waals surface area contributed by atoms with Gasteiger partial charge in [0, 0.05) is 0 Å². The molecular formula is C14H10Cl2O2. The van der Waals surface area contributed by atoms with Crippen molar-refractivity contribution >= 4 is 29.5 Å². The molecule has 0 fully saturated rings. The molecule has 0 aliphatic rings. The van der Waals surface area contributed by atoms with Gasteiger partial charge in [0.15, 0.2) is 11.9 Å². The van der Waals surface area contributed by atoms with E-state index in [9.17, 15) is 9.90 Å². The zero-order chi connectivity index (χ0) is 13.2. The second kappa shape index (κ2) is 5.11. The summed E-state index contributed by atoms with van der Waals surface area (Å²) in [5, 5.41) is 11.2. The van der Waals surface area contributed by atoms with Crippen molar-refractivity contribution < 1.29 is 9.90 Å². The molecule has 1 N–H and O–H groups in total. The van der Waals surface area contributed by atoms with Gasteiger partial charge >= 0.3 is 0 Å². The Kier molecular flexibility index (Phi) is 3.71. The Morgan fingerprint density at radius 2 is 1.61 bits per heavy atom. The Morgan fingerprint density at radius 3 is 2.17 bits per heavy atom. The highest BCUT2D eigenvalue weighted by atomic mass is 35.5. The number of hydrogen-bond donors (Lipinski definition) is 1. The van der Waals surface area contributed by atoms with Gasteiger partial charge in [-0.15, -0.1) is 0 Å². The third kappa shape index (κ3) is 2.27. The molecule has 2 aromatic rings. The van der Waals surface area contributed by atoms with Gasteiger partial charge < -0.3 is 5.11 Å². The van der Waals surface area contributed by atoms with Crippen LogP contribution >= 0.6 is 23.2 Å². The average Bonchev–Trinajstić information content (AvgIpc) is 2.42. The summed E-state index contributed by atoms with van der Waals surface area (Å²) in [5.74, 6) is 0. The Balaban J connectivity index is 2.57. The Bertz CT molecular complexity index is 569. The highest BCUT2D eigenvalue weighted by molar-refractivity contribution is 6.42. The highest BCUT2D eigenvalue weighted by Gasteiger charge is 2.31. The van der Waals surface area contributed by atoms with Crippen molar-refractivity contribution in [3.05, 3.63) is 69.7 Å². The van der Waals surface area contributed by atoms with Crippen LogP contribution in [0.2, 0.25) is 10.0 Å². The summed E-state index contributed by atoms with van der Waals surface area (Å²) >= 11 is 11.7. The summed E-state index contributed by atoms with van der Waals surface area (Å²) in [5.41, 5.74) is -0.841. The van der Waals surface area contributed by atoms with Crippen molar-refractivity contribution in [1.82, 2.24) is 0 Å². The van der Waals surface area contributed by atoms with Crippen LogP contribution in [0.1, 0.15) is 11.1 Å². The third-order valence-corrected chi connectivity index (χ3v) is 3.48. The lowest BCUT2D eigenvalue weighted by atomic mass is 9.88. The number of aldehydes is 1. The van der Waals surface area contributed by atoms with Gasteiger partial charge in [0.1, 0.15) is 0 Å². The molecule has 1 atom stereocenters. The van der Waals surface area contributed by atoms with Gasteiger partial charge in [-0.2, -0.15) is 0 Å². The van der Waals surface area contributed by atoms with Crippen LogP contribution in [0.25, 0.3) is 0 Å². The van der Waals surface area contributed by atoms with Gasteiger partial charge in [0.2, 0.25) is 0 Å². The summed E-state index contributed by atoms with van der Waals surface area (Å²) in [7, 11) is 0. The maximum atomic E-state index is 11.3. The number of halogens is 2. The Hall–Kier alpha value is -1.35. The van der Waals surface area contributed by atoms with Gasteiger partial charge in [-0.3, -0.25) is 4.79 Å². The number of carbonyl (C=O) groups excluding carboxylic acids is 1. The van der Waals surface area contributed by atoms with Crippen molar-refractivity contribution in [2.75, 3.05) is 0 Å². The fraction of sp³-hybridized carbons (Fsp3) is 0.0714. The summed E-state index contributed by atoms with van der Waals surface area (Å²) in [6.45, 7) is 0. The molecule has 0 bridgehead atoms. The molecule has 1 unspecified atom stereocenters. The fourth-order valence-electron chi connectivity index (χ4n) is 1.73. The van der Waals surface area contributed by atoms with E-state index in [4.69, 9.17) is 23.2 Å². The van der Waals surface area contributed by atoms with E-state index in [1.165, 1.54) is 6.07 Å². The van der Waals surface area contributed by atoms with Crippen molar-refractivity contribution in [3.63, 3.8) is 0 Å². The summed E-state index contributed by atoms with van der Waals surface area (Å²) < 4.78 is 0. The van der Waals surface area contributed by atoms with Gasteiger partial charge in [0.25, 0.3) is 0 Å². The van der Waals surface area contributed by atoms with Crippen LogP contribution in [0.3, 0.4) is 0 Å². The molecule has 0 aromatic heterocycles. The van der Waals surface area contributed by atoms with Gasteiger partial charge in [0.05, 0.1) is 10.0 Å². The number of carbonyl (C=O) groups is 1. The second-order valence-corrected chi connectivity index (χ2v) is 4.69. The monoisotopic (exact) mass is 280 g/mol. The molecule has 0 saturated carbocycles. The Morgan fingerprint density at radius 1 is 0.944 bits per heavy atom. The number of rotatable bonds is 3. The van der Waals surface area contributed by atoms with E-state index in [1.54, 1.807) is 36.4 Å². The lowest BCUT2D eigenvalue weighted by Gasteiger charge is -2.23. The molecule has 0 aliphatic carbocycles. The van der Waals surface area contributed by atoms with E-state index in [1.807, 2.05) is 6.07 Å². The molecule has 2 rings (SSSR count). The van der Waals surface area contributed by atoms with Gasteiger partial charge in [-0.25, -0.2) is 0 Å². The zero-order valence-electron chi connectivity index (χ0n) is 9.31. The predicted molar refractivity (Wildman–Crippen MR) is 72.0 cm³/mol. The van der Waals surface area contributed by atoms with Crippen LogP contribution in [0, 0.1) is 0 Å². The van der Waals surface area contributed by atoms with Crippen LogP contribution in [-0.2, 0) is 10.4 Å². The van der Waals surface area contributed by atoms with Gasteiger partial charge in [-0.05, 0) is 23.3 Å². The molecule has 0 saturated heterocycles.